The number of halogens is 4. The van der Waals surface area contributed by atoms with Crippen molar-refractivity contribution in [2.75, 3.05) is 4.90 Å². The van der Waals surface area contributed by atoms with Crippen LogP contribution in [0.15, 0.2) is 24.4 Å². The van der Waals surface area contributed by atoms with E-state index in [9.17, 15) is 13.6 Å². The van der Waals surface area contributed by atoms with Gasteiger partial charge in [0.2, 0.25) is 0 Å². The van der Waals surface area contributed by atoms with E-state index in [2.05, 4.69) is 44.3 Å². The summed E-state index contributed by atoms with van der Waals surface area (Å²) in [6.07, 6.45) is 3.57. The Balaban J connectivity index is 1.63. The minimum atomic E-state index is -3.35. The van der Waals surface area contributed by atoms with Crippen LogP contribution in [0, 0.1) is 17.6 Å². The Bertz CT molecular complexity index is 1170. The van der Waals surface area contributed by atoms with Crippen LogP contribution in [-0.2, 0) is 23.2 Å². The normalized spacial score (nSPS) is 20.7. The monoisotopic (exact) mass is 540 g/mol. The van der Waals surface area contributed by atoms with Crippen molar-refractivity contribution in [3.8, 4) is 0 Å². The maximum Gasteiger partial charge on any atom is 0.324 e. The van der Waals surface area contributed by atoms with Gasteiger partial charge in [0.05, 0.1) is 18.5 Å². The molecule has 2 aliphatic rings. The van der Waals surface area contributed by atoms with Crippen molar-refractivity contribution in [1.82, 2.24) is 15.1 Å². The van der Waals surface area contributed by atoms with E-state index < -0.39 is 37.4 Å². The number of urea groups is 1. The summed E-state index contributed by atoms with van der Waals surface area (Å²) in [7, 11) is -2.15. The predicted molar refractivity (Wildman–Crippen MR) is 136 cm³/mol. The second-order valence-corrected chi connectivity index (χ2v) is 16.8. The third-order valence-electron chi connectivity index (χ3n) is 8.10. The van der Waals surface area contributed by atoms with Gasteiger partial charge in [0.25, 0.3) is 5.92 Å². The maximum atomic E-state index is 15.2. The van der Waals surface area contributed by atoms with Gasteiger partial charge in [-0.3, -0.25) is 4.90 Å². The molecule has 11 heteroatoms. The van der Waals surface area contributed by atoms with Crippen molar-refractivity contribution >= 4 is 20.0 Å². The first kappa shape index (κ1) is 27.6. The first-order chi connectivity index (χ1) is 17.0. The Morgan fingerprint density at radius 1 is 1.19 bits per heavy atom. The number of hydrogen-bond donors (Lipinski definition) is 1. The van der Waals surface area contributed by atoms with E-state index in [0.717, 1.165) is 38.1 Å². The molecule has 1 unspecified atom stereocenters. The minimum Gasteiger partial charge on any atom is -0.411 e. The molecule has 1 atom stereocenters. The van der Waals surface area contributed by atoms with E-state index in [0.29, 0.717) is 12.3 Å². The molecule has 2 amide bonds. The molecule has 2 heterocycles. The number of aromatic nitrogens is 2. The summed E-state index contributed by atoms with van der Waals surface area (Å²) < 4.78 is 66.7. The molecule has 1 aliphatic carbocycles. The molecule has 1 N–H and O–H groups in total. The average molecular weight is 541 g/mol. The number of nitrogens with zero attached hydrogens (tertiary/aromatic N) is 3. The summed E-state index contributed by atoms with van der Waals surface area (Å²) in [5.74, 6) is -4.28. The summed E-state index contributed by atoms with van der Waals surface area (Å²) in [6.45, 7) is 10.8. The van der Waals surface area contributed by atoms with E-state index >= 15 is 8.78 Å². The second kappa shape index (κ2) is 9.41. The molecule has 4 rings (SSSR count). The number of hydrogen-bond acceptors (Lipinski definition) is 3. The van der Waals surface area contributed by atoms with Crippen LogP contribution in [0.1, 0.15) is 64.6 Å². The number of benzene rings is 1. The molecule has 1 aliphatic heterocycles. The van der Waals surface area contributed by atoms with Crippen molar-refractivity contribution in [3.63, 3.8) is 0 Å². The van der Waals surface area contributed by atoms with Crippen LogP contribution >= 0.6 is 0 Å². The van der Waals surface area contributed by atoms with E-state index in [4.69, 9.17) is 4.43 Å². The average Bonchev–Trinajstić information content (AvgIpc) is 3.53. The third-order valence-corrected chi connectivity index (χ3v) is 12.6. The Labute approximate surface area is 216 Å². The molecular formula is C26H36F4N4O2Si. The molecule has 37 heavy (non-hydrogen) atoms. The molecule has 0 bridgehead atoms. The number of rotatable bonds is 9. The number of fused-ring (bicyclic) bond motifs is 1. The Hall–Kier alpha value is -2.40. The lowest BCUT2D eigenvalue weighted by Gasteiger charge is -2.46. The van der Waals surface area contributed by atoms with Crippen LogP contribution in [0.2, 0.25) is 18.1 Å². The number of alkyl halides is 2. The number of anilines is 1. The van der Waals surface area contributed by atoms with Gasteiger partial charge in [-0.15, -0.1) is 0 Å². The lowest BCUT2D eigenvalue weighted by Crippen LogP contribution is -2.63. The van der Waals surface area contributed by atoms with Gasteiger partial charge in [-0.05, 0) is 55.1 Å². The number of carbonyl (C=O) groups is 1. The molecule has 1 aromatic carbocycles. The van der Waals surface area contributed by atoms with Crippen LogP contribution in [0.25, 0.3) is 0 Å². The quantitative estimate of drug-likeness (QED) is 0.278. The van der Waals surface area contributed by atoms with Gasteiger partial charge in [-0.25, -0.2) is 27.0 Å². The number of carbonyl (C=O) groups excluding carboxylic acids is 1. The standard InChI is InChI=1S/C26H36F4N4O2Si/c1-24(2,3)37(5,6)36-15-21-20(28)14-33(32-21)16-34-22-10-9-18(27)13-19(22)26(25(4,29)30,31-23(34)35)12-11-17-7-8-17/h9-10,13-14,17H,7-8,11-12,15-16H2,1-6H3,(H,31,35). The summed E-state index contributed by atoms with van der Waals surface area (Å²) in [5, 5.41) is 6.70. The largest absolute Gasteiger partial charge is 0.411 e. The molecule has 0 radical (unpaired) electrons. The van der Waals surface area contributed by atoms with E-state index in [1.54, 1.807) is 0 Å². The summed E-state index contributed by atoms with van der Waals surface area (Å²) >= 11 is 0. The highest BCUT2D eigenvalue weighted by molar-refractivity contribution is 6.74. The summed E-state index contributed by atoms with van der Waals surface area (Å²) in [4.78, 5) is 14.4. The van der Waals surface area contributed by atoms with Crippen molar-refractivity contribution in [2.45, 2.75) is 96.2 Å². The van der Waals surface area contributed by atoms with E-state index in [1.807, 2.05) is 0 Å². The highest BCUT2D eigenvalue weighted by Gasteiger charge is 2.57. The molecular weight excluding hydrogens is 504 g/mol. The van der Waals surface area contributed by atoms with Gasteiger partial charge >= 0.3 is 6.03 Å². The Kier molecular flexibility index (Phi) is 7.03. The van der Waals surface area contributed by atoms with E-state index in [-0.39, 0.29) is 41.7 Å². The Morgan fingerprint density at radius 3 is 2.46 bits per heavy atom. The van der Waals surface area contributed by atoms with Gasteiger partial charge in [0, 0.05) is 12.5 Å². The van der Waals surface area contributed by atoms with Gasteiger partial charge in [-0.1, -0.05) is 33.6 Å². The fraction of sp³-hybridized carbons (Fsp3) is 0.615. The first-order valence-corrected chi connectivity index (χ1v) is 15.6. The molecule has 2 aromatic rings. The van der Waals surface area contributed by atoms with Gasteiger partial charge in [-0.2, -0.15) is 5.10 Å². The number of nitrogens with one attached hydrogen (secondary N) is 1. The topological polar surface area (TPSA) is 59.4 Å². The predicted octanol–water partition coefficient (Wildman–Crippen LogP) is 6.91. The third kappa shape index (κ3) is 5.43. The molecule has 1 aromatic heterocycles. The minimum absolute atomic E-state index is 0.00867. The van der Waals surface area contributed by atoms with Gasteiger partial charge in [0.15, 0.2) is 14.1 Å². The zero-order valence-electron chi connectivity index (χ0n) is 22.3. The maximum absolute atomic E-state index is 15.2. The fourth-order valence-corrected chi connectivity index (χ4v) is 5.39. The zero-order valence-corrected chi connectivity index (χ0v) is 23.3. The molecule has 0 saturated heterocycles. The molecule has 6 nitrogen and oxygen atoms in total. The van der Waals surface area contributed by atoms with Crippen LogP contribution in [-0.4, -0.2) is 30.1 Å². The van der Waals surface area contributed by atoms with Crippen molar-refractivity contribution in [2.24, 2.45) is 5.92 Å². The Morgan fingerprint density at radius 2 is 1.86 bits per heavy atom. The van der Waals surface area contributed by atoms with Crippen LogP contribution in [0.5, 0.6) is 0 Å². The van der Waals surface area contributed by atoms with Crippen molar-refractivity contribution in [3.05, 3.63) is 47.3 Å². The summed E-state index contributed by atoms with van der Waals surface area (Å²) in [6, 6.07) is 2.74. The van der Waals surface area contributed by atoms with Crippen molar-refractivity contribution < 1.29 is 26.8 Å². The lowest BCUT2D eigenvalue weighted by atomic mass is 9.77. The number of amides is 2. The van der Waals surface area contributed by atoms with Crippen LogP contribution in [0.4, 0.5) is 28.0 Å². The lowest BCUT2D eigenvalue weighted by molar-refractivity contribution is -0.0788. The van der Waals surface area contributed by atoms with E-state index in [1.165, 1.54) is 15.6 Å². The van der Waals surface area contributed by atoms with Gasteiger partial charge < -0.3 is 9.74 Å². The molecule has 1 fully saturated rings. The molecule has 0 spiro atoms. The summed E-state index contributed by atoms with van der Waals surface area (Å²) in [5.41, 5.74) is -1.79. The zero-order chi connectivity index (χ0) is 27.4. The SMILES string of the molecule is CC(F)(F)C1(CCC2CC2)NC(=O)N(Cn2cc(F)c(CO[Si](C)(C)C(C)(C)C)n2)c2ccc(F)cc21. The second-order valence-electron chi connectivity index (χ2n) is 11.9. The van der Waals surface area contributed by atoms with Crippen LogP contribution < -0.4 is 10.2 Å². The highest BCUT2D eigenvalue weighted by Crippen LogP contribution is 2.50. The smallest absolute Gasteiger partial charge is 0.324 e. The van der Waals surface area contributed by atoms with Crippen molar-refractivity contribution in [1.29, 1.82) is 0 Å². The van der Waals surface area contributed by atoms with Gasteiger partial charge in [0.1, 0.15) is 23.7 Å². The first-order valence-electron chi connectivity index (χ1n) is 12.7. The fourth-order valence-electron chi connectivity index (χ4n) is 4.46. The molecule has 204 valence electrons. The molecule has 1 saturated carbocycles. The van der Waals surface area contributed by atoms with Crippen LogP contribution in [0.3, 0.4) is 0 Å². The highest BCUT2D eigenvalue weighted by atomic mass is 28.4.